The lowest BCUT2D eigenvalue weighted by Gasteiger charge is -2.26. The molecule has 0 spiro atoms. The molecule has 0 unspecified atom stereocenters. The second-order valence-corrected chi connectivity index (χ2v) is 14.9. The summed E-state index contributed by atoms with van der Waals surface area (Å²) in [4.78, 5) is 9.29. The molecular formula is C34H4B16N2S2. The number of fused-ring (bicyclic) bond motifs is 6. The van der Waals surface area contributed by atoms with Gasteiger partial charge in [-0.05, 0) is 50.7 Å². The molecule has 0 saturated carbocycles. The second kappa shape index (κ2) is 13.1. The van der Waals surface area contributed by atoms with Crippen molar-refractivity contribution >= 4 is 276 Å². The number of hydrogen-bond acceptors (Lipinski definition) is 4. The normalized spacial score (nSPS) is 11.8. The molecule has 3 aromatic heterocycles. The highest BCUT2D eigenvalue weighted by molar-refractivity contribution is 7.28. The lowest BCUT2D eigenvalue weighted by atomic mass is 9.59. The SMILES string of the molecule is [B]c1c([B])c([B])c(-c2ccc3sc4c(-c5c([B])c([B])c([B])c(-c6c([B])c([B])c([B])c7c6sc6c([B])c([B])c([B])c([B])c67)c5[B])ncnc4c3c2)c([B])c1[B]. The summed E-state index contributed by atoms with van der Waals surface area (Å²) in [5.41, 5.74) is 4.90. The Balaban J connectivity index is 1.43. The minimum absolute atomic E-state index is 0.0328. The van der Waals surface area contributed by atoms with Gasteiger partial charge in [-0.2, -0.15) is 0 Å². The van der Waals surface area contributed by atoms with Gasteiger partial charge in [-0.25, -0.2) is 9.97 Å². The van der Waals surface area contributed by atoms with Crippen LogP contribution < -0.4 is 87.4 Å². The molecule has 3 heterocycles. The summed E-state index contributed by atoms with van der Waals surface area (Å²) < 4.78 is 2.51. The first kappa shape index (κ1) is 37.6. The van der Waals surface area contributed by atoms with Crippen molar-refractivity contribution in [2.75, 3.05) is 0 Å². The third-order valence-electron chi connectivity index (χ3n) is 10.0. The van der Waals surface area contributed by atoms with Crippen molar-refractivity contribution in [2.24, 2.45) is 0 Å². The lowest BCUT2D eigenvalue weighted by molar-refractivity contribution is 1.24. The van der Waals surface area contributed by atoms with Crippen LogP contribution in [0.5, 0.6) is 0 Å². The van der Waals surface area contributed by atoms with E-state index < -0.39 is 0 Å². The number of rotatable bonds is 3. The van der Waals surface area contributed by atoms with Crippen LogP contribution >= 0.6 is 22.7 Å². The van der Waals surface area contributed by atoms with Crippen LogP contribution in [-0.4, -0.2) is 136 Å². The van der Waals surface area contributed by atoms with E-state index in [0.29, 0.717) is 58.3 Å². The Labute approximate surface area is 341 Å². The van der Waals surface area contributed by atoms with Gasteiger partial charge in [0.25, 0.3) is 0 Å². The number of aromatic nitrogens is 2. The number of hydrogen-bond donors (Lipinski definition) is 0. The average Bonchev–Trinajstić information content (AvgIpc) is 3.74. The summed E-state index contributed by atoms with van der Waals surface area (Å²) in [5, 5.41) is 1.65. The monoisotopic (exact) mass is 680 g/mol. The Morgan fingerprint density at radius 1 is 0.370 bits per heavy atom. The highest BCUT2D eigenvalue weighted by atomic mass is 32.1. The van der Waals surface area contributed by atoms with Crippen molar-refractivity contribution in [1.29, 1.82) is 0 Å². The van der Waals surface area contributed by atoms with Crippen LogP contribution in [0.4, 0.5) is 0 Å². The summed E-state index contributed by atoms with van der Waals surface area (Å²) in [5.74, 6) is 0. The van der Waals surface area contributed by atoms with E-state index in [1.807, 2.05) is 18.2 Å². The third-order valence-corrected chi connectivity index (χ3v) is 12.4. The quantitative estimate of drug-likeness (QED) is 0.174. The van der Waals surface area contributed by atoms with Crippen LogP contribution in [0.1, 0.15) is 0 Å². The minimum Gasteiger partial charge on any atom is -0.235 e. The summed E-state index contributed by atoms with van der Waals surface area (Å²) in [6.45, 7) is 0. The van der Waals surface area contributed by atoms with Crippen molar-refractivity contribution in [1.82, 2.24) is 9.97 Å². The largest absolute Gasteiger partial charge is 0.235 e. The topological polar surface area (TPSA) is 25.8 Å². The number of benzene rings is 5. The van der Waals surface area contributed by atoms with Gasteiger partial charge < -0.3 is 0 Å². The van der Waals surface area contributed by atoms with E-state index in [1.165, 1.54) is 29.0 Å². The van der Waals surface area contributed by atoms with Gasteiger partial charge in [-0.15, -0.1) is 60.9 Å². The van der Waals surface area contributed by atoms with E-state index in [-0.39, 0.29) is 93.0 Å². The standard InChI is InChI=1S/C34H4B16N2S2/c35-14-9(10-18(39)23(44)19(40)11-12-20(41)26(47)28(49)29(50)33(12)54-32(10)11)17(38)22(43)21(42)13(14)31-34-30(51-4-52-31)6-3-5(1-2-7(6)53-34)8-15(36)24(45)27(48)25(46)16(8)37/h1-4H. The molecule has 2 nitrogen and oxygen atoms in total. The molecule has 210 valence electrons. The minimum atomic E-state index is 0.0328. The molecule has 0 aliphatic heterocycles. The van der Waals surface area contributed by atoms with E-state index in [1.54, 1.807) is 0 Å². The Bertz CT molecular complexity index is 3000. The molecule has 0 N–H and O–H groups in total. The molecule has 0 saturated heterocycles. The Morgan fingerprint density at radius 3 is 1.50 bits per heavy atom. The van der Waals surface area contributed by atoms with Crippen molar-refractivity contribution in [3.63, 3.8) is 0 Å². The fourth-order valence-corrected chi connectivity index (χ4v) is 9.57. The summed E-state index contributed by atoms with van der Waals surface area (Å²) in [6, 6.07) is 5.62. The van der Waals surface area contributed by atoms with Crippen LogP contribution in [0.15, 0.2) is 24.5 Å². The van der Waals surface area contributed by atoms with Gasteiger partial charge >= 0.3 is 0 Å². The summed E-state index contributed by atoms with van der Waals surface area (Å²) in [7, 11) is 104. The molecule has 54 heavy (non-hydrogen) atoms. The smallest absolute Gasteiger partial charge is 0.116 e. The summed E-state index contributed by atoms with van der Waals surface area (Å²) >= 11 is 2.62. The molecule has 8 rings (SSSR count). The molecule has 8 aromatic rings. The highest BCUT2D eigenvalue weighted by Crippen LogP contribution is 2.39. The molecule has 0 fully saturated rings. The molecule has 0 aliphatic rings. The van der Waals surface area contributed by atoms with Crippen LogP contribution in [0, 0.1) is 0 Å². The van der Waals surface area contributed by atoms with E-state index in [4.69, 9.17) is 126 Å². The van der Waals surface area contributed by atoms with E-state index in [0.717, 1.165) is 10.1 Å². The summed E-state index contributed by atoms with van der Waals surface area (Å²) in [6.07, 6.45) is 1.39. The second-order valence-electron chi connectivity index (χ2n) is 12.8. The van der Waals surface area contributed by atoms with Crippen LogP contribution in [0.3, 0.4) is 0 Å². The van der Waals surface area contributed by atoms with Gasteiger partial charge in [0.1, 0.15) is 132 Å². The van der Waals surface area contributed by atoms with Gasteiger partial charge in [0.15, 0.2) is 0 Å². The Morgan fingerprint density at radius 2 is 0.852 bits per heavy atom. The Kier molecular flexibility index (Phi) is 9.13. The molecular weight excluding hydrogens is 674 g/mol. The highest BCUT2D eigenvalue weighted by Gasteiger charge is 2.26. The van der Waals surface area contributed by atoms with Crippen LogP contribution in [-0.2, 0) is 0 Å². The molecule has 0 bridgehead atoms. The first-order valence-electron chi connectivity index (χ1n) is 15.9. The molecule has 20 heteroatoms. The first-order valence-corrected chi connectivity index (χ1v) is 17.5. The maximum atomic E-state index is 7.08. The fourth-order valence-electron chi connectivity index (χ4n) is 7.07. The van der Waals surface area contributed by atoms with Gasteiger partial charge in [-0.1, -0.05) is 55.2 Å². The van der Waals surface area contributed by atoms with Gasteiger partial charge in [0.05, 0.1) is 15.9 Å². The molecule has 0 aliphatic carbocycles. The zero-order chi connectivity index (χ0) is 39.0. The van der Waals surface area contributed by atoms with Crippen molar-refractivity contribution in [3.8, 4) is 33.5 Å². The van der Waals surface area contributed by atoms with E-state index in [2.05, 4.69) is 9.97 Å². The Hall–Kier alpha value is -3.34. The zero-order valence-corrected chi connectivity index (χ0v) is 29.9. The van der Waals surface area contributed by atoms with Crippen LogP contribution in [0.2, 0.25) is 0 Å². The third kappa shape index (κ3) is 5.07. The maximum absolute atomic E-state index is 7.08. The maximum Gasteiger partial charge on any atom is 0.116 e. The van der Waals surface area contributed by atoms with Crippen molar-refractivity contribution in [2.45, 2.75) is 0 Å². The van der Waals surface area contributed by atoms with Crippen molar-refractivity contribution in [3.05, 3.63) is 24.5 Å². The molecule has 5 aromatic carbocycles. The predicted molar refractivity (Wildman–Crippen MR) is 250 cm³/mol. The predicted octanol–water partition coefficient (Wildman–Crippen LogP) is -9.09. The molecule has 0 amide bonds. The molecule has 0 atom stereocenters. The lowest BCUT2D eigenvalue weighted by Crippen LogP contribution is -2.55. The number of nitrogens with zero attached hydrogens (tertiary/aromatic N) is 2. The fraction of sp³-hybridized carbons (Fsp3) is 0. The van der Waals surface area contributed by atoms with Crippen molar-refractivity contribution < 1.29 is 0 Å². The van der Waals surface area contributed by atoms with Gasteiger partial charge in [-0.3, -0.25) is 0 Å². The molecule has 32 radical (unpaired) electrons. The van der Waals surface area contributed by atoms with E-state index in [9.17, 15) is 0 Å². The number of thiophene rings is 2. The van der Waals surface area contributed by atoms with Gasteiger partial charge in [0, 0.05) is 19.5 Å². The zero-order valence-electron chi connectivity index (χ0n) is 28.3. The average molecular weight is 678 g/mol. The van der Waals surface area contributed by atoms with E-state index >= 15 is 0 Å². The van der Waals surface area contributed by atoms with Gasteiger partial charge in [0.2, 0.25) is 0 Å². The van der Waals surface area contributed by atoms with Crippen LogP contribution in [0.25, 0.3) is 74.0 Å². The first-order chi connectivity index (χ1) is 25.5.